The minimum atomic E-state index is -0.216. The number of H-pyrrole nitrogens is 1. The highest BCUT2D eigenvalue weighted by Crippen LogP contribution is 2.12. The Hall–Kier alpha value is -1.95. The summed E-state index contributed by atoms with van der Waals surface area (Å²) >= 11 is 1.60. The summed E-state index contributed by atoms with van der Waals surface area (Å²) in [5.41, 5.74) is 1.14. The standard InChI is InChI=1S/C13H15N3O2S/c1-3-12-15-10(8-19-12)7-16(2)13(18)9-4-5-11(17)14-6-9/h4-6,8H,3,7H2,1-2H3,(H,14,17). The number of aromatic nitrogens is 2. The average molecular weight is 277 g/mol. The van der Waals surface area contributed by atoms with E-state index >= 15 is 0 Å². The van der Waals surface area contributed by atoms with Gasteiger partial charge in [-0.3, -0.25) is 9.59 Å². The third-order valence-corrected chi connectivity index (χ3v) is 3.72. The van der Waals surface area contributed by atoms with E-state index in [4.69, 9.17) is 0 Å². The average Bonchev–Trinajstić information content (AvgIpc) is 2.86. The van der Waals surface area contributed by atoms with Crippen molar-refractivity contribution in [3.05, 3.63) is 50.3 Å². The maximum atomic E-state index is 12.1. The van der Waals surface area contributed by atoms with E-state index in [0.717, 1.165) is 17.1 Å². The SMILES string of the molecule is CCc1nc(CN(C)C(=O)c2ccc(=O)[nH]c2)cs1. The number of nitrogens with zero attached hydrogens (tertiary/aromatic N) is 2. The van der Waals surface area contributed by atoms with Crippen LogP contribution in [0.2, 0.25) is 0 Å². The van der Waals surface area contributed by atoms with Crippen LogP contribution in [0.1, 0.15) is 28.0 Å². The zero-order chi connectivity index (χ0) is 13.8. The van der Waals surface area contributed by atoms with Crippen LogP contribution < -0.4 is 5.56 Å². The summed E-state index contributed by atoms with van der Waals surface area (Å²) in [6.45, 7) is 2.52. The van der Waals surface area contributed by atoms with E-state index in [1.165, 1.54) is 18.3 Å². The summed E-state index contributed by atoms with van der Waals surface area (Å²) in [5.74, 6) is -0.137. The molecule has 0 aliphatic heterocycles. The van der Waals surface area contributed by atoms with E-state index in [1.54, 1.807) is 23.3 Å². The fraction of sp³-hybridized carbons (Fsp3) is 0.308. The van der Waals surface area contributed by atoms with Crippen LogP contribution in [0.25, 0.3) is 0 Å². The van der Waals surface area contributed by atoms with Crippen molar-refractivity contribution >= 4 is 17.2 Å². The van der Waals surface area contributed by atoms with Gasteiger partial charge >= 0.3 is 0 Å². The molecule has 2 rings (SSSR count). The van der Waals surface area contributed by atoms with Gasteiger partial charge < -0.3 is 9.88 Å². The fourth-order valence-corrected chi connectivity index (χ4v) is 2.40. The van der Waals surface area contributed by atoms with E-state index in [1.807, 2.05) is 5.38 Å². The second-order valence-electron chi connectivity index (χ2n) is 4.19. The zero-order valence-electron chi connectivity index (χ0n) is 10.8. The third-order valence-electron chi connectivity index (χ3n) is 2.68. The molecule has 1 N–H and O–H groups in total. The highest BCUT2D eigenvalue weighted by atomic mass is 32.1. The second kappa shape index (κ2) is 5.79. The molecule has 6 heteroatoms. The first-order valence-corrected chi connectivity index (χ1v) is 6.85. The molecule has 0 saturated heterocycles. The van der Waals surface area contributed by atoms with Gasteiger partial charge in [0.15, 0.2) is 0 Å². The van der Waals surface area contributed by atoms with Crippen LogP contribution in [0.3, 0.4) is 0 Å². The van der Waals surface area contributed by atoms with Crippen molar-refractivity contribution in [3.8, 4) is 0 Å². The molecule has 2 aromatic heterocycles. The van der Waals surface area contributed by atoms with Gasteiger partial charge in [0, 0.05) is 24.7 Å². The molecule has 0 aromatic carbocycles. The van der Waals surface area contributed by atoms with Gasteiger partial charge in [-0.1, -0.05) is 6.92 Å². The number of hydrogen-bond acceptors (Lipinski definition) is 4. The Balaban J connectivity index is 2.06. The lowest BCUT2D eigenvalue weighted by Gasteiger charge is -2.15. The number of carbonyl (C=O) groups is 1. The molecule has 0 unspecified atom stereocenters. The summed E-state index contributed by atoms with van der Waals surface area (Å²) in [7, 11) is 1.72. The Labute approximate surface area is 114 Å². The minimum Gasteiger partial charge on any atom is -0.336 e. The van der Waals surface area contributed by atoms with Crippen LogP contribution in [-0.2, 0) is 13.0 Å². The molecule has 0 aliphatic carbocycles. The summed E-state index contributed by atoms with van der Waals surface area (Å²) < 4.78 is 0. The maximum absolute atomic E-state index is 12.1. The number of aryl methyl sites for hydroxylation is 1. The van der Waals surface area contributed by atoms with Gasteiger partial charge in [-0.15, -0.1) is 11.3 Å². The molecule has 0 atom stereocenters. The van der Waals surface area contributed by atoms with Gasteiger partial charge in [-0.25, -0.2) is 4.98 Å². The molecular weight excluding hydrogens is 262 g/mol. The van der Waals surface area contributed by atoms with Crippen molar-refractivity contribution < 1.29 is 4.79 Å². The molecule has 100 valence electrons. The molecule has 0 bridgehead atoms. The first kappa shape index (κ1) is 13.5. The van der Waals surface area contributed by atoms with Gasteiger partial charge in [0.1, 0.15) is 0 Å². The normalized spacial score (nSPS) is 10.4. The van der Waals surface area contributed by atoms with E-state index in [-0.39, 0.29) is 11.5 Å². The lowest BCUT2D eigenvalue weighted by molar-refractivity contribution is 0.0783. The predicted molar refractivity (Wildman–Crippen MR) is 74.4 cm³/mol. The largest absolute Gasteiger partial charge is 0.336 e. The van der Waals surface area contributed by atoms with Gasteiger partial charge in [-0.2, -0.15) is 0 Å². The Kier molecular flexibility index (Phi) is 4.11. The lowest BCUT2D eigenvalue weighted by atomic mass is 10.2. The Morgan fingerprint density at radius 2 is 2.26 bits per heavy atom. The topological polar surface area (TPSA) is 66.1 Å². The summed E-state index contributed by atoms with van der Waals surface area (Å²) in [6.07, 6.45) is 2.34. The van der Waals surface area contributed by atoms with E-state index in [0.29, 0.717) is 12.1 Å². The number of hydrogen-bond donors (Lipinski definition) is 1. The van der Waals surface area contributed by atoms with Gasteiger partial charge in [0.25, 0.3) is 5.91 Å². The summed E-state index contributed by atoms with van der Waals surface area (Å²) in [4.78, 5) is 31.6. The van der Waals surface area contributed by atoms with E-state index in [9.17, 15) is 9.59 Å². The summed E-state index contributed by atoms with van der Waals surface area (Å²) in [5, 5.41) is 3.04. The Morgan fingerprint density at radius 3 is 2.84 bits per heavy atom. The van der Waals surface area contributed by atoms with E-state index in [2.05, 4.69) is 16.9 Å². The number of rotatable bonds is 4. The number of aromatic amines is 1. The van der Waals surface area contributed by atoms with E-state index < -0.39 is 0 Å². The van der Waals surface area contributed by atoms with Crippen molar-refractivity contribution in [1.29, 1.82) is 0 Å². The minimum absolute atomic E-state index is 0.137. The monoisotopic (exact) mass is 277 g/mol. The maximum Gasteiger partial charge on any atom is 0.255 e. The van der Waals surface area contributed by atoms with Crippen molar-refractivity contribution in [2.45, 2.75) is 19.9 Å². The molecule has 0 fully saturated rings. The second-order valence-corrected chi connectivity index (χ2v) is 5.13. The van der Waals surface area contributed by atoms with Gasteiger partial charge in [0.2, 0.25) is 5.56 Å². The fourth-order valence-electron chi connectivity index (χ4n) is 1.66. The molecular formula is C13H15N3O2S. The molecule has 0 aliphatic rings. The molecule has 2 heterocycles. The molecule has 0 spiro atoms. The molecule has 2 aromatic rings. The Bertz CT molecular complexity index is 612. The molecule has 0 radical (unpaired) electrons. The quantitative estimate of drug-likeness (QED) is 0.924. The molecule has 19 heavy (non-hydrogen) atoms. The number of pyridine rings is 1. The van der Waals surface area contributed by atoms with Crippen molar-refractivity contribution in [2.24, 2.45) is 0 Å². The third kappa shape index (κ3) is 3.29. The molecule has 1 amide bonds. The number of carbonyl (C=O) groups excluding carboxylic acids is 1. The van der Waals surface area contributed by atoms with Crippen LogP contribution >= 0.6 is 11.3 Å². The molecule has 5 nitrogen and oxygen atoms in total. The molecule has 0 saturated carbocycles. The summed E-state index contributed by atoms with van der Waals surface area (Å²) in [6, 6.07) is 2.87. The Morgan fingerprint density at radius 1 is 1.47 bits per heavy atom. The number of nitrogens with one attached hydrogen (secondary N) is 1. The number of amides is 1. The van der Waals surface area contributed by atoms with Gasteiger partial charge in [-0.05, 0) is 12.5 Å². The first-order valence-electron chi connectivity index (χ1n) is 5.97. The van der Waals surface area contributed by atoms with Crippen molar-refractivity contribution in [2.75, 3.05) is 7.05 Å². The van der Waals surface area contributed by atoms with Crippen LogP contribution in [0.15, 0.2) is 28.5 Å². The van der Waals surface area contributed by atoms with Crippen LogP contribution in [0.4, 0.5) is 0 Å². The predicted octanol–water partition coefficient (Wildman–Crippen LogP) is 1.67. The lowest BCUT2D eigenvalue weighted by Crippen LogP contribution is -2.27. The van der Waals surface area contributed by atoms with Crippen LogP contribution in [0, 0.1) is 0 Å². The van der Waals surface area contributed by atoms with Crippen molar-refractivity contribution in [3.63, 3.8) is 0 Å². The zero-order valence-corrected chi connectivity index (χ0v) is 11.7. The smallest absolute Gasteiger partial charge is 0.255 e. The van der Waals surface area contributed by atoms with Crippen molar-refractivity contribution in [1.82, 2.24) is 14.9 Å². The highest BCUT2D eigenvalue weighted by molar-refractivity contribution is 7.09. The van der Waals surface area contributed by atoms with Crippen LogP contribution in [-0.4, -0.2) is 27.8 Å². The first-order chi connectivity index (χ1) is 9.10. The van der Waals surface area contributed by atoms with Gasteiger partial charge in [0.05, 0.1) is 22.8 Å². The number of thiazole rings is 1. The highest BCUT2D eigenvalue weighted by Gasteiger charge is 2.13. The van der Waals surface area contributed by atoms with Crippen LogP contribution in [0.5, 0.6) is 0 Å².